The van der Waals surface area contributed by atoms with Crippen LogP contribution in [-0.2, 0) is 11.3 Å². The highest BCUT2D eigenvalue weighted by molar-refractivity contribution is 5.94. The summed E-state index contributed by atoms with van der Waals surface area (Å²) >= 11 is 0. The maximum absolute atomic E-state index is 13.9. The normalized spacial score (nSPS) is 14.2. The van der Waals surface area contributed by atoms with Gasteiger partial charge in [0.25, 0.3) is 5.91 Å². The van der Waals surface area contributed by atoms with Crippen LogP contribution < -0.4 is 4.90 Å². The second kappa shape index (κ2) is 7.57. The average molecular weight is 344 g/mol. The van der Waals surface area contributed by atoms with Crippen molar-refractivity contribution in [3.8, 4) is 0 Å². The summed E-state index contributed by atoms with van der Waals surface area (Å²) in [5.41, 5.74) is 1.91. The zero-order valence-corrected chi connectivity index (χ0v) is 14.4. The summed E-state index contributed by atoms with van der Waals surface area (Å²) in [4.78, 5) is 24.9. The topological polar surface area (TPSA) is 58.6 Å². The van der Waals surface area contributed by atoms with Crippen LogP contribution in [0.1, 0.15) is 21.6 Å². The smallest absolute Gasteiger partial charge is 0.257 e. The lowest BCUT2D eigenvalue weighted by atomic mass is 10.2. The Morgan fingerprint density at radius 1 is 1.32 bits per heavy atom. The average Bonchev–Trinajstić information content (AvgIpc) is 2.79. The molecule has 2 aromatic heterocycles. The molecule has 0 aromatic carbocycles. The van der Waals surface area contributed by atoms with E-state index in [0.717, 1.165) is 23.3 Å². The maximum atomic E-state index is 13.9. The molecule has 0 N–H and O–H groups in total. The lowest BCUT2D eigenvalue weighted by molar-refractivity contribution is 0.0746. The van der Waals surface area contributed by atoms with Crippen molar-refractivity contribution < 1.29 is 13.9 Å². The standard InChI is InChI=1S/C18H21FN4O2/c1-13-3-4-14-12-23(18(24)15-5-6-20-11-16(15)19)8-7-22(9-10-25-2)17(14)21-13/h3-6,11H,7-10,12H2,1-2H3. The summed E-state index contributed by atoms with van der Waals surface area (Å²) in [6.45, 7) is 4.69. The van der Waals surface area contributed by atoms with Crippen molar-refractivity contribution in [2.45, 2.75) is 13.5 Å². The minimum atomic E-state index is -0.602. The van der Waals surface area contributed by atoms with Crippen molar-refractivity contribution in [2.24, 2.45) is 0 Å². The Kier molecular flexibility index (Phi) is 5.23. The van der Waals surface area contributed by atoms with Crippen molar-refractivity contribution in [3.05, 3.63) is 53.2 Å². The third-order valence-electron chi connectivity index (χ3n) is 4.25. The fourth-order valence-corrected chi connectivity index (χ4v) is 2.91. The van der Waals surface area contributed by atoms with Crippen molar-refractivity contribution >= 4 is 11.7 Å². The molecule has 7 heteroatoms. The van der Waals surface area contributed by atoms with Crippen molar-refractivity contribution in [1.29, 1.82) is 0 Å². The Balaban J connectivity index is 1.89. The Labute approximate surface area is 146 Å². The van der Waals surface area contributed by atoms with Crippen molar-refractivity contribution in [1.82, 2.24) is 14.9 Å². The number of anilines is 1. The number of rotatable bonds is 4. The molecule has 25 heavy (non-hydrogen) atoms. The molecule has 3 rings (SSSR count). The summed E-state index contributed by atoms with van der Waals surface area (Å²) in [6, 6.07) is 5.32. The van der Waals surface area contributed by atoms with E-state index in [0.29, 0.717) is 32.8 Å². The molecule has 0 saturated carbocycles. The molecule has 2 aromatic rings. The minimum absolute atomic E-state index is 0.0435. The lowest BCUT2D eigenvalue weighted by Gasteiger charge is -2.23. The van der Waals surface area contributed by atoms with E-state index in [1.54, 1.807) is 12.0 Å². The maximum Gasteiger partial charge on any atom is 0.257 e. The molecular formula is C18H21FN4O2. The molecular weight excluding hydrogens is 323 g/mol. The third kappa shape index (κ3) is 3.76. The number of carbonyl (C=O) groups is 1. The second-order valence-corrected chi connectivity index (χ2v) is 6.00. The monoisotopic (exact) mass is 344 g/mol. The fraction of sp³-hybridized carbons (Fsp3) is 0.389. The van der Waals surface area contributed by atoms with Crippen LogP contribution in [0.25, 0.3) is 0 Å². The fourth-order valence-electron chi connectivity index (χ4n) is 2.91. The molecule has 0 saturated heterocycles. The van der Waals surface area contributed by atoms with Crippen LogP contribution in [0.2, 0.25) is 0 Å². The number of aromatic nitrogens is 2. The molecule has 0 unspecified atom stereocenters. The van der Waals surface area contributed by atoms with E-state index in [1.165, 1.54) is 12.3 Å². The predicted molar refractivity (Wildman–Crippen MR) is 92.0 cm³/mol. The Morgan fingerprint density at radius 2 is 2.16 bits per heavy atom. The molecule has 0 bridgehead atoms. The number of pyridine rings is 2. The molecule has 1 aliphatic heterocycles. The highest BCUT2D eigenvalue weighted by atomic mass is 19.1. The van der Waals surface area contributed by atoms with E-state index in [1.807, 2.05) is 19.1 Å². The zero-order valence-electron chi connectivity index (χ0n) is 14.4. The van der Waals surface area contributed by atoms with E-state index in [4.69, 9.17) is 4.74 Å². The summed E-state index contributed by atoms with van der Waals surface area (Å²) < 4.78 is 19.1. The van der Waals surface area contributed by atoms with Gasteiger partial charge in [-0.1, -0.05) is 6.07 Å². The third-order valence-corrected chi connectivity index (χ3v) is 4.25. The van der Waals surface area contributed by atoms with Crippen LogP contribution >= 0.6 is 0 Å². The van der Waals surface area contributed by atoms with E-state index in [-0.39, 0.29) is 11.5 Å². The number of fused-ring (bicyclic) bond motifs is 1. The molecule has 0 spiro atoms. The first kappa shape index (κ1) is 17.3. The van der Waals surface area contributed by atoms with Crippen LogP contribution in [-0.4, -0.2) is 54.1 Å². The largest absolute Gasteiger partial charge is 0.383 e. The summed E-state index contributed by atoms with van der Waals surface area (Å²) in [5, 5.41) is 0. The van der Waals surface area contributed by atoms with E-state index >= 15 is 0 Å². The number of aryl methyl sites for hydroxylation is 1. The number of halogens is 1. The SMILES string of the molecule is COCCN1CCN(C(=O)c2ccncc2F)Cc2ccc(C)nc21. The first-order chi connectivity index (χ1) is 12.1. The van der Waals surface area contributed by atoms with Crippen molar-refractivity contribution in [2.75, 3.05) is 38.3 Å². The number of ether oxygens (including phenoxy) is 1. The highest BCUT2D eigenvalue weighted by Gasteiger charge is 2.26. The molecule has 3 heterocycles. The number of carbonyl (C=O) groups excluding carboxylic acids is 1. The van der Waals surface area contributed by atoms with Gasteiger partial charge in [0.2, 0.25) is 0 Å². The molecule has 6 nitrogen and oxygen atoms in total. The Bertz CT molecular complexity index is 768. The first-order valence-corrected chi connectivity index (χ1v) is 8.19. The number of amides is 1. The van der Waals surface area contributed by atoms with E-state index < -0.39 is 5.82 Å². The molecule has 0 radical (unpaired) electrons. The van der Waals surface area contributed by atoms with Gasteiger partial charge in [0.15, 0.2) is 5.82 Å². The van der Waals surface area contributed by atoms with Crippen LogP contribution in [0, 0.1) is 12.7 Å². The van der Waals surface area contributed by atoms with Crippen LogP contribution in [0.15, 0.2) is 30.6 Å². The summed E-state index contributed by atoms with van der Waals surface area (Å²) in [6.07, 6.45) is 2.49. The predicted octanol–water partition coefficient (Wildman–Crippen LogP) is 2.03. The number of hydrogen-bond donors (Lipinski definition) is 0. The van der Waals surface area contributed by atoms with E-state index in [9.17, 15) is 9.18 Å². The van der Waals surface area contributed by atoms with E-state index in [2.05, 4.69) is 14.9 Å². The first-order valence-electron chi connectivity index (χ1n) is 8.19. The van der Waals surface area contributed by atoms with Crippen LogP contribution in [0.4, 0.5) is 10.2 Å². The van der Waals surface area contributed by atoms with Gasteiger partial charge in [-0.15, -0.1) is 0 Å². The van der Waals surface area contributed by atoms with Gasteiger partial charge < -0.3 is 14.5 Å². The van der Waals surface area contributed by atoms with Gasteiger partial charge in [-0.25, -0.2) is 9.37 Å². The van der Waals surface area contributed by atoms with Gasteiger partial charge >= 0.3 is 0 Å². The van der Waals surface area contributed by atoms with Gasteiger partial charge in [0.1, 0.15) is 5.82 Å². The number of hydrogen-bond acceptors (Lipinski definition) is 5. The number of methoxy groups -OCH3 is 1. The Morgan fingerprint density at radius 3 is 2.92 bits per heavy atom. The zero-order chi connectivity index (χ0) is 17.8. The molecule has 0 fully saturated rings. The van der Waals surface area contributed by atoms with Gasteiger partial charge in [0, 0.05) is 50.7 Å². The van der Waals surface area contributed by atoms with Crippen LogP contribution in [0.3, 0.4) is 0 Å². The Hall–Kier alpha value is -2.54. The van der Waals surface area contributed by atoms with Crippen molar-refractivity contribution in [3.63, 3.8) is 0 Å². The second-order valence-electron chi connectivity index (χ2n) is 6.00. The highest BCUT2D eigenvalue weighted by Crippen LogP contribution is 2.24. The molecule has 0 aliphatic carbocycles. The van der Waals surface area contributed by atoms with Gasteiger partial charge in [0.05, 0.1) is 18.4 Å². The van der Waals surface area contributed by atoms with Crippen LogP contribution in [0.5, 0.6) is 0 Å². The molecule has 132 valence electrons. The molecule has 0 atom stereocenters. The minimum Gasteiger partial charge on any atom is -0.383 e. The summed E-state index contributed by atoms with van der Waals surface area (Å²) in [7, 11) is 1.66. The number of nitrogens with zero attached hydrogens (tertiary/aromatic N) is 4. The molecule has 1 amide bonds. The van der Waals surface area contributed by atoms with Gasteiger partial charge in [-0.05, 0) is 19.1 Å². The summed E-state index contributed by atoms with van der Waals surface area (Å²) in [5.74, 6) is -0.0715. The molecule has 1 aliphatic rings. The van der Waals surface area contributed by atoms with Gasteiger partial charge in [-0.3, -0.25) is 9.78 Å². The lowest BCUT2D eigenvalue weighted by Crippen LogP contribution is -2.37. The van der Waals surface area contributed by atoms with Gasteiger partial charge in [-0.2, -0.15) is 0 Å². The quantitative estimate of drug-likeness (QED) is 0.849.